The quantitative estimate of drug-likeness (QED) is 0.528. The molecular formula is C11H15NO3. The first-order valence-corrected chi connectivity index (χ1v) is 4.59. The molecule has 1 aromatic rings. The minimum atomic E-state index is 0.517. The molecule has 4 nitrogen and oxygen atoms in total. The second kappa shape index (κ2) is 6.03. The third-order valence-corrected chi connectivity index (χ3v) is 1.82. The average Bonchev–Trinajstić information content (AvgIpc) is 2.29. The Kier molecular flexibility index (Phi) is 4.63. The molecule has 0 radical (unpaired) electrons. The lowest BCUT2D eigenvalue weighted by molar-refractivity contribution is 0.146. The van der Waals surface area contributed by atoms with Crippen molar-refractivity contribution in [3.05, 3.63) is 30.6 Å². The highest BCUT2D eigenvalue weighted by atomic mass is 16.5. The zero-order valence-electron chi connectivity index (χ0n) is 9.03. The van der Waals surface area contributed by atoms with Crippen molar-refractivity contribution in [2.24, 2.45) is 0 Å². The fourth-order valence-corrected chi connectivity index (χ4v) is 0.978. The molecule has 0 N–H and O–H groups in total. The van der Waals surface area contributed by atoms with Crippen LogP contribution in [0.5, 0.6) is 5.75 Å². The van der Waals surface area contributed by atoms with Crippen LogP contribution in [0.1, 0.15) is 5.69 Å². The molecule has 0 aliphatic carbocycles. The van der Waals surface area contributed by atoms with Gasteiger partial charge in [0.15, 0.2) is 0 Å². The standard InChI is InChI=1S/C11H15NO3/c1-9(14-3)11-5-4-10(8-12-11)15-7-6-13-2/h4-5,8H,1,6-7H2,2-3H3. The maximum absolute atomic E-state index is 5.36. The number of pyridine rings is 1. The fraction of sp³-hybridized carbons (Fsp3) is 0.364. The molecule has 0 spiro atoms. The van der Waals surface area contributed by atoms with Crippen LogP contribution in [0.15, 0.2) is 24.9 Å². The van der Waals surface area contributed by atoms with Crippen LogP contribution in [0.3, 0.4) is 0 Å². The fourth-order valence-electron chi connectivity index (χ4n) is 0.978. The third kappa shape index (κ3) is 3.59. The first-order chi connectivity index (χ1) is 7.27. The van der Waals surface area contributed by atoms with Crippen molar-refractivity contribution in [2.75, 3.05) is 27.4 Å². The van der Waals surface area contributed by atoms with E-state index in [1.165, 1.54) is 0 Å². The molecule has 1 heterocycles. The molecule has 15 heavy (non-hydrogen) atoms. The molecule has 0 aliphatic rings. The van der Waals surface area contributed by atoms with Crippen molar-refractivity contribution in [3.8, 4) is 5.75 Å². The molecule has 0 saturated heterocycles. The molecule has 0 atom stereocenters. The van der Waals surface area contributed by atoms with E-state index in [0.717, 1.165) is 0 Å². The summed E-state index contributed by atoms with van der Waals surface area (Å²) in [4.78, 5) is 4.14. The van der Waals surface area contributed by atoms with Gasteiger partial charge in [0.25, 0.3) is 0 Å². The van der Waals surface area contributed by atoms with E-state index in [1.54, 1.807) is 26.5 Å². The van der Waals surface area contributed by atoms with Gasteiger partial charge in [0.05, 0.1) is 19.9 Å². The Morgan fingerprint density at radius 1 is 1.33 bits per heavy atom. The highest BCUT2D eigenvalue weighted by Crippen LogP contribution is 2.14. The Balaban J connectivity index is 2.52. The predicted molar refractivity (Wildman–Crippen MR) is 57.7 cm³/mol. The first kappa shape index (κ1) is 11.5. The molecule has 1 aromatic heterocycles. The van der Waals surface area contributed by atoms with E-state index in [1.807, 2.05) is 6.07 Å². The monoisotopic (exact) mass is 209 g/mol. The van der Waals surface area contributed by atoms with Gasteiger partial charge in [-0.15, -0.1) is 0 Å². The van der Waals surface area contributed by atoms with Crippen LogP contribution in [-0.4, -0.2) is 32.4 Å². The zero-order chi connectivity index (χ0) is 11.1. The Morgan fingerprint density at radius 3 is 2.67 bits per heavy atom. The predicted octanol–water partition coefficient (Wildman–Crippen LogP) is 1.72. The molecule has 0 saturated carbocycles. The lowest BCUT2D eigenvalue weighted by Crippen LogP contribution is -2.04. The molecule has 1 rings (SSSR count). The van der Waals surface area contributed by atoms with Gasteiger partial charge in [0.1, 0.15) is 23.8 Å². The third-order valence-electron chi connectivity index (χ3n) is 1.82. The molecule has 0 unspecified atom stereocenters. The molecule has 0 aromatic carbocycles. The van der Waals surface area contributed by atoms with Gasteiger partial charge in [-0.1, -0.05) is 6.58 Å². The van der Waals surface area contributed by atoms with Crippen molar-refractivity contribution in [1.82, 2.24) is 4.98 Å². The number of hydrogen-bond donors (Lipinski definition) is 0. The maximum atomic E-state index is 5.36. The van der Waals surface area contributed by atoms with Crippen molar-refractivity contribution in [3.63, 3.8) is 0 Å². The Bertz CT molecular complexity index is 308. The van der Waals surface area contributed by atoms with E-state index in [-0.39, 0.29) is 0 Å². The van der Waals surface area contributed by atoms with Crippen LogP contribution in [0.2, 0.25) is 0 Å². The van der Waals surface area contributed by atoms with E-state index >= 15 is 0 Å². The largest absolute Gasteiger partial charge is 0.495 e. The Hall–Kier alpha value is -1.55. The van der Waals surface area contributed by atoms with Gasteiger partial charge in [0, 0.05) is 7.11 Å². The second-order valence-corrected chi connectivity index (χ2v) is 2.85. The van der Waals surface area contributed by atoms with E-state index in [2.05, 4.69) is 11.6 Å². The van der Waals surface area contributed by atoms with Crippen LogP contribution in [-0.2, 0) is 9.47 Å². The van der Waals surface area contributed by atoms with Gasteiger partial charge in [-0.05, 0) is 12.1 Å². The normalized spacial score (nSPS) is 9.73. The van der Waals surface area contributed by atoms with Gasteiger partial charge in [-0.3, -0.25) is 0 Å². The molecule has 82 valence electrons. The lowest BCUT2D eigenvalue weighted by Gasteiger charge is -2.06. The molecular weight excluding hydrogens is 194 g/mol. The van der Waals surface area contributed by atoms with Crippen molar-refractivity contribution < 1.29 is 14.2 Å². The van der Waals surface area contributed by atoms with Crippen LogP contribution >= 0.6 is 0 Å². The van der Waals surface area contributed by atoms with Crippen molar-refractivity contribution in [1.29, 1.82) is 0 Å². The number of ether oxygens (including phenoxy) is 3. The molecule has 0 bridgehead atoms. The topological polar surface area (TPSA) is 40.6 Å². The zero-order valence-corrected chi connectivity index (χ0v) is 9.03. The highest BCUT2D eigenvalue weighted by molar-refractivity contribution is 5.53. The summed E-state index contributed by atoms with van der Waals surface area (Å²) >= 11 is 0. The minimum absolute atomic E-state index is 0.517. The van der Waals surface area contributed by atoms with E-state index < -0.39 is 0 Å². The molecule has 0 aliphatic heterocycles. The smallest absolute Gasteiger partial charge is 0.137 e. The van der Waals surface area contributed by atoms with Crippen molar-refractivity contribution >= 4 is 5.76 Å². The van der Waals surface area contributed by atoms with Gasteiger partial charge < -0.3 is 14.2 Å². The number of rotatable bonds is 6. The van der Waals surface area contributed by atoms with Crippen LogP contribution < -0.4 is 4.74 Å². The number of aromatic nitrogens is 1. The lowest BCUT2D eigenvalue weighted by atomic mass is 10.3. The summed E-state index contributed by atoms with van der Waals surface area (Å²) in [5.41, 5.74) is 0.705. The second-order valence-electron chi connectivity index (χ2n) is 2.85. The summed E-state index contributed by atoms with van der Waals surface area (Å²) in [6, 6.07) is 3.62. The SMILES string of the molecule is C=C(OC)c1ccc(OCCOC)cn1. The van der Waals surface area contributed by atoms with Gasteiger partial charge in [0.2, 0.25) is 0 Å². The van der Waals surface area contributed by atoms with Crippen LogP contribution in [0.25, 0.3) is 5.76 Å². The summed E-state index contributed by atoms with van der Waals surface area (Å²) in [5.74, 6) is 1.25. The average molecular weight is 209 g/mol. The van der Waals surface area contributed by atoms with Gasteiger partial charge in [-0.2, -0.15) is 0 Å². The maximum Gasteiger partial charge on any atom is 0.137 e. The Morgan fingerprint density at radius 2 is 2.13 bits per heavy atom. The highest BCUT2D eigenvalue weighted by Gasteiger charge is 2.00. The Labute approximate surface area is 89.5 Å². The number of hydrogen-bond acceptors (Lipinski definition) is 4. The first-order valence-electron chi connectivity index (χ1n) is 4.59. The summed E-state index contributed by atoms with van der Waals surface area (Å²) in [6.07, 6.45) is 1.63. The van der Waals surface area contributed by atoms with Crippen LogP contribution in [0.4, 0.5) is 0 Å². The summed E-state index contributed by atoms with van der Waals surface area (Å²) < 4.78 is 15.2. The van der Waals surface area contributed by atoms with E-state index in [9.17, 15) is 0 Å². The molecule has 4 heteroatoms. The summed E-state index contributed by atoms with van der Waals surface area (Å²) in [5, 5.41) is 0. The van der Waals surface area contributed by atoms with E-state index in [4.69, 9.17) is 14.2 Å². The molecule has 0 amide bonds. The van der Waals surface area contributed by atoms with Gasteiger partial charge in [-0.25, -0.2) is 4.98 Å². The summed E-state index contributed by atoms with van der Waals surface area (Å²) in [7, 11) is 3.19. The number of nitrogens with zero attached hydrogens (tertiary/aromatic N) is 1. The van der Waals surface area contributed by atoms with Gasteiger partial charge >= 0.3 is 0 Å². The van der Waals surface area contributed by atoms with Crippen LogP contribution in [0, 0.1) is 0 Å². The van der Waals surface area contributed by atoms with E-state index in [0.29, 0.717) is 30.4 Å². The summed E-state index contributed by atoms with van der Waals surface area (Å²) in [6.45, 7) is 4.78. The number of methoxy groups -OCH3 is 2. The molecule has 0 fully saturated rings. The van der Waals surface area contributed by atoms with Crippen molar-refractivity contribution in [2.45, 2.75) is 0 Å². The minimum Gasteiger partial charge on any atom is -0.495 e.